The topological polar surface area (TPSA) is 26.3 Å². The molecule has 1 atom stereocenters. The van der Waals surface area contributed by atoms with Gasteiger partial charge in [0.05, 0.1) is 6.10 Å². The van der Waals surface area contributed by atoms with Gasteiger partial charge >= 0.3 is 0 Å². The van der Waals surface area contributed by atoms with Crippen LogP contribution in [0.2, 0.25) is 0 Å². The second kappa shape index (κ2) is 5.66. The second-order valence-corrected chi connectivity index (χ2v) is 3.76. The number of benzene rings is 1. The van der Waals surface area contributed by atoms with Crippen molar-refractivity contribution in [3.63, 3.8) is 0 Å². The van der Waals surface area contributed by atoms with Crippen molar-refractivity contribution in [2.75, 3.05) is 6.61 Å². The molecular formula is C13H18O2. The van der Waals surface area contributed by atoms with Crippen LogP contribution in [0.5, 0.6) is 0 Å². The molecule has 0 heterocycles. The average Bonchev–Trinajstić information content (AvgIpc) is 2.17. The lowest BCUT2D eigenvalue weighted by molar-refractivity contribution is -0.119. The van der Waals surface area contributed by atoms with Gasteiger partial charge in [0.1, 0.15) is 5.78 Å². The molecule has 15 heavy (non-hydrogen) atoms. The van der Waals surface area contributed by atoms with Crippen molar-refractivity contribution in [3.8, 4) is 0 Å². The number of carbonyl (C=O) groups is 1. The van der Waals surface area contributed by atoms with Crippen LogP contribution >= 0.6 is 0 Å². The highest BCUT2D eigenvalue weighted by molar-refractivity contribution is 5.76. The normalized spacial score (nSPS) is 12.5. The molecule has 0 aromatic heterocycles. The third kappa shape index (κ3) is 3.84. The fraction of sp³-hybridized carbons (Fsp3) is 0.462. The number of Topliss-reactive ketones (excluding diaryl/α,β-unsaturated/α-hetero) is 1. The van der Waals surface area contributed by atoms with Crippen LogP contribution in [0, 0.1) is 6.92 Å². The molecule has 1 rings (SSSR count). The standard InChI is InChI=1S/C13H18O2/c1-4-15-13(9-11(3)14)12-7-5-10(2)6-8-12/h5-8,13H,4,9H2,1-3H3. The van der Waals surface area contributed by atoms with E-state index >= 15 is 0 Å². The van der Waals surface area contributed by atoms with E-state index in [1.807, 2.05) is 38.1 Å². The molecule has 1 aromatic rings. The van der Waals surface area contributed by atoms with Gasteiger partial charge in [-0.1, -0.05) is 29.8 Å². The molecular weight excluding hydrogens is 188 g/mol. The fourth-order valence-corrected chi connectivity index (χ4v) is 1.52. The number of ketones is 1. The summed E-state index contributed by atoms with van der Waals surface area (Å²) in [5.74, 6) is 0.161. The van der Waals surface area contributed by atoms with Crippen molar-refractivity contribution in [3.05, 3.63) is 35.4 Å². The molecule has 0 N–H and O–H groups in total. The van der Waals surface area contributed by atoms with E-state index in [0.29, 0.717) is 13.0 Å². The SMILES string of the molecule is CCOC(CC(C)=O)c1ccc(C)cc1. The van der Waals surface area contributed by atoms with Crippen molar-refractivity contribution >= 4 is 5.78 Å². The Labute approximate surface area is 91.3 Å². The average molecular weight is 206 g/mol. The maximum atomic E-state index is 11.1. The zero-order valence-electron chi connectivity index (χ0n) is 9.62. The van der Waals surface area contributed by atoms with E-state index in [1.165, 1.54) is 5.56 Å². The highest BCUT2D eigenvalue weighted by atomic mass is 16.5. The predicted octanol–water partition coefficient (Wildman–Crippen LogP) is 3.05. The first-order valence-corrected chi connectivity index (χ1v) is 5.31. The van der Waals surface area contributed by atoms with Crippen molar-refractivity contribution < 1.29 is 9.53 Å². The van der Waals surface area contributed by atoms with Crippen molar-refractivity contribution in [2.45, 2.75) is 33.3 Å². The molecule has 82 valence electrons. The number of rotatable bonds is 5. The van der Waals surface area contributed by atoms with E-state index < -0.39 is 0 Å². The molecule has 0 spiro atoms. The van der Waals surface area contributed by atoms with E-state index in [1.54, 1.807) is 6.92 Å². The maximum Gasteiger partial charge on any atom is 0.132 e. The smallest absolute Gasteiger partial charge is 0.132 e. The zero-order valence-corrected chi connectivity index (χ0v) is 9.62. The molecule has 2 heteroatoms. The first kappa shape index (κ1) is 11.9. The minimum Gasteiger partial charge on any atom is -0.373 e. The summed E-state index contributed by atoms with van der Waals surface area (Å²) in [4.78, 5) is 11.1. The monoisotopic (exact) mass is 206 g/mol. The molecule has 0 saturated carbocycles. The summed E-state index contributed by atoms with van der Waals surface area (Å²) in [5.41, 5.74) is 2.30. The lowest BCUT2D eigenvalue weighted by atomic mass is 10.0. The maximum absolute atomic E-state index is 11.1. The number of hydrogen-bond donors (Lipinski definition) is 0. The minimum atomic E-state index is -0.0897. The lowest BCUT2D eigenvalue weighted by Crippen LogP contribution is -2.08. The van der Waals surface area contributed by atoms with Gasteiger partial charge in [-0.3, -0.25) is 4.79 Å². The van der Waals surface area contributed by atoms with Gasteiger partial charge in [-0.25, -0.2) is 0 Å². The Morgan fingerprint density at radius 2 is 1.93 bits per heavy atom. The largest absolute Gasteiger partial charge is 0.373 e. The van der Waals surface area contributed by atoms with E-state index in [0.717, 1.165) is 5.56 Å². The van der Waals surface area contributed by atoms with E-state index in [4.69, 9.17) is 4.74 Å². The summed E-state index contributed by atoms with van der Waals surface area (Å²) >= 11 is 0. The molecule has 2 nitrogen and oxygen atoms in total. The molecule has 0 aliphatic carbocycles. The van der Waals surface area contributed by atoms with Crippen LogP contribution in [0.4, 0.5) is 0 Å². The Hall–Kier alpha value is -1.15. The van der Waals surface area contributed by atoms with Crippen LogP contribution in [0.25, 0.3) is 0 Å². The van der Waals surface area contributed by atoms with Gasteiger partial charge in [0.15, 0.2) is 0 Å². The van der Waals surface area contributed by atoms with Crippen LogP contribution in [0.3, 0.4) is 0 Å². The van der Waals surface area contributed by atoms with E-state index in [2.05, 4.69) is 0 Å². The zero-order chi connectivity index (χ0) is 11.3. The molecule has 0 radical (unpaired) electrons. The number of hydrogen-bond acceptors (Lipinski definition) is 2. The molecule has 0 saturated heterocycles. The molecule has 0 fully saturated rings. The van der Waals surface area contributed by atoms with Gasteiger partial charge in [0.25, 0.3) is 0 Å². The summed E-state index contributed by atoms with van der Waals surface area (Å²) in [7, 11) is 0. The van der Waals surface area contributed by atoms with Crippen LogP contribution in [0.15, 0.2) is 24.3 Å². The minimum absolute atomic E-state index is 0.0897. The summed E-state index contributed by atoms with van der Waals surface area (Å²) < 4.78 is 5.56. The Bertz CT molecular complexity index is 314. The first-order chi connectivity index (χ1) is 7.13. The molecule has 0 aliphatic rings. The fourth-order valence-electron chi connectivity index (χ4n) is 1.52. The number of aryl methyl sites for hydroxylation is 1. The van der Waals surface area contributed by atoms with Crippen LogP contribution in [-0.2, 0) is 9.53 Å². The highest BCUT2D eigenvalue weighted by Gasteiger charge is 2.13. The molecule has 1 unspecified atom stereocenters. The summed E-state index contributed by atoms with van der Waals surface area (Å²) in [6.45, 7) is 6.22. The van der Waals surface area contributed by atoms with E-state index in [-0.39, 0.29) is 11.9 Å². The third-order valence-electron chi connectivity index (χ3n) is 2.29. The Morgan fingerprint density at radius 3 is 2.40 bits per heavy atom. The third-order valence-corrected chi connectivity index (χ3v) is 2.29. The van der Waals surface area contributed by atoms with Crippen molar-refractivity contribution in [1.29, 1.82) is 0 Å². The molecule has 0 aliphatic heterocycles. The summed E-state index contributed by atoms with van der Waals surface area (Å²) in [5, 5.41) is 0. The Kier molecular flexibility index (Phi) is 4.50. The van der Waals surface area contributed by atoms with Gasteiger partial charge in [0, 0.05) is 13.0 Å². The highest BCUT2D eigenvalue weighted by Crippen LogP contribution is 2.21. The van der Waals surface area contributed by atoms with Gasteiger partial charge in [0.2, 0.25) is 0 Å². The number of carbonyl (C=O) groups excluding carboxylic acids is 1. The van der Waals surface area contributed by atoms with Gasteiger partial charge in [-0.15, -0.1) is 0 Å². The van der Waals surface area contributed by atoms with Crippen molar-refractivity contribution in [1.82, 2.24) is 0 Å². The quantitative estimate of drug-likeness (QED) is 0.740. The van der Waals surface area contributed by atoms with E-state index in [9.17, 15) is 4.79 Å². The van der Waals surface area contributed by atoms with Crippen molar-refractivity contribution in [2.24, 2.45) is 0 Å². The molecule has 0 bridgehead atoms. The second-order valence-electron chi connectivity index (χ2n) is 3.76. The van der Waals surface area contributed by atoms with Gasteiger partial charge in [-0.05, 0) is 26.3 Å². The van der Waals surface area contributed by atoms with Crippen LogP contribution in [-0.4, -0.2) is 12.4 Å². The summed E-state index contributed by atoms with van der Waals surface area (Å²) in [6, 6.07) is 8.14. The van der Waals surface area contributed by atoms with Crippen LogP contribution < -0.4 is 0 Å². The lowest BCUT2D eigenvalue weighted by Gasteiger charge is -2.16. The van der Waals surface area contributed by atoms with Crippen LogP contribution in [0.1, 0.15) is 37.5 Å². The summed E-state index contributed by atoms with van der Waals surface area (Å²) in [6.07, 6.45) is 0.366. The van der Waals surface area contributed by atoms with Gasteiger partial charge in [-0.2, -0.15) is 0 Å². The van der Waals surface area contributed by atoms with Gasteiger partial charge < -0.3 is 4.74 Å². The first-order valence-electron chi connectivity index (χ1n) is 5.31. The predicted molar refractivity (Wildman–Crippen MR) is 60.8 cm³/mol. The molecule has 0 amide bonds. The number of ether oxygens (including phenoxy) is 1. The Balaban J connectivity index is 2.78. The Morgan fingerprint density at radius 1 is 1.33 bits per heavy atom. The molecule has 1 aromatic carbocycles.